The molecule has 0 saturated heterocycles. The van der Waals surface area contributed by atoms with Gasteiger partial charge < -0.3 is 10.1 Å². The predicted octanol–water partition coefficient (Wildman–Crippen LogP) is -0.330. The molecule has 0 radical (unpaired) electrons. The highest BCUT2D eigenvalue weighted by Crippen LogP contribution is 2.06. The smallest absolute Gasteiger partial charge is 0.246 e. The first kappa shape index (κ1) is 13.9. The van der Waals surface area contributed by atoms with Crippen LogP contribution in [-0.4, -0.2) is 31.2 Å². The molecule has 1 rings (SSSR count). The first-order valence-corrected chi connectivity index (χ1v) is 6.67. The summed E-state index contributed by atoms with van der Waals surface area (Å²) in [6.45, 7) is 3.24. The highest BCUT2D eigenvalue weighted by molar-refractivity contribution is 7.89. The van der Waals surface area contributed by atoms with E-state index in [1.807, 2.05) is 0 Å². The van der Waals surface area contributed by atoms with Gasteiger partial charge in [0.15, 0.2) is 0 Å². The van der Waals surface area contributed by atoms with Crippen LogP contribution in [0.4, 0.5) is 0 Å². The normalized spacial score (nSPS) is 13.9. The predicted molar refractivity (Wildman–Crippen MR) is 63.1 cm³/mol. The maximum absolute atomic E-state index is 11.9. The van der Waals surface area contributed by atoms with Crippen LogP contribution in [0.2, 0.25) is 0 Å². The van der Waals surface area contributed by atoms with Crippen molar-refractivity contribution in [2.45, 2.75) is 24.8 Å². The molecule has 1 unspecified atom stereocenters. The van der Waals surface area contributed by atoms with Crippen LogP contribution >= 0.6 is 0 Å². The third-order valence-corrected chi connectivity index (χ3v) is 3.90. The number of aliphatic hydroxyl groups excluding tert-OH is 1. The molecular weight excluding hydrogens is 244 g/mol. The Morgan fingerprint density at radius 2 is 2.12 bits per heavy atom. The van der Waals surface area contributed by atoms with Gasteiger partial charge in [-0.1, -0.05) is 13.8 Å². The van der Waals surface area contributed by atoms with E-state index in [0.29, 0.717) is 0 Å². The fourth-order valence-electron chi connectivity index (χ4n) is 1.26. The molecule has 0 bridgehead atoms. The third-order valence-electron chi connectivity index (χ3n) is 2.39. The highest BCUT2D eigenvalue weighted by Gasteiger charge is 2.23. The number of pyridine rings is 1. The number of aromatic nitrogens is 1. The Morgan fingerprint density at radius 1 is 1.47 bits per heavy atom. The van der Waals surface area contributed by atoms with Gasteiger partial charge in [-0.15, -0.1) is 0 Å². The number of hydrogen-bond acceptors (Lipinski definition) is 4. The fourth-order valence-corrected chi connectivity index (χ4v) is 2.69. The lowest BCUT2D eigenvalue weighted by Crippen LogP contribution is -2.42. The molecular formula is C10H16N2O4S. The van der Waals surface area contributed by atoms with Crippen molar-refractivity contribution in [3.63, 3.8) is 0 Å². The van der Waals surface area contributed by atoms with Gasteiger partial charge in [0.25, 0.3) is 0 Å². The second-order valence-corrected chi connectivity index (χ2v) is 5.71. The SMILES string of the molecule is CC(C)C(CO)NS(=O)(=O)c1c[nH]ccc1=O. The summed E-state index contributed by atoms with van der Waals surface area (Å²) in [6, 6.07) is 0.525. The zero-order chi connectivity index (χ0) is 13.1. The zero-order valence-electron chi connectivity index (χ0n) is 9.67. The van der Waals surface area contributed by atoms with Crippen LogP contribution in [0.15, 0.2) is 28.2 Å². The van der Waals surface area contributed by atoms with E-state index >= 15 is 0 Å². The van der Waals surface area contributed by atoms with Crippen LogP contribution in [0.25, 0.3) is 0 Å². The summed E-state index contributed by atoms with van der Waals surface area (Å²) in [4.78, 5) is 13.6. The first-order valence-electron chi connectivity index (χ1n) is 5.18. The molecule has 17 heavy (non-hydrogen) atoms. The van der Waals surface area contributed by atoms with Crippen molar-refractivity contribution in [2.24, 2.45) is 5.92 Å². The molecule has 0 amide bonds. The van der Waals surface area contributed by atoms with Crippen LogP contribution in [0, 0.1) is 5.92 Å². The van der Waals surface area contributed by atoms with Crippen molar-refractivity contribution >= 4 is 10.0 Å². The van der Waals surface area contributed by atoms with Gasteiger partial charge in [-0.3, -0.25) is 4.79 Å². The number of sulfonamides is 1. The topological polar surface area (TPSA) is 99.3 Å². The lowest BCUT2D eigenvalue weighted by Gasteiger charge is -2.19. The second kappa shape index (κ2) is 5.44. The zero-order valence-corrected chi connectivity index (χ0v) is 10.5. The lowest BCUT2D eigenvalue weighted by atomic mass is 10.1. The second-order valence-electron chi connectivity index (χ2n) is 4.03. The van der Waals surface area contributed by atoms with Crippen LogP contribution in [0.1, 0.15) is 13.8 Å². The van der Waals surface area contributed by atoms with E-state index in [-0.39, 0.29) is 17.4 Å². The van der Waals surface area contributed by atoms with Crippen molar-refractivity contribution in [2.75, 3.05) is 6.61 Å². The Balaban J connectivity index is 3.05. The van der Waals surface area contributed by atoms with Crippen molar-refractivity contribution in [1.82, 2.24) is 9.71 Å². The number of H-pyrrole nitrogens is 1. The summed E-state index contributed by atoms with van der Waals surface area (Å²) in [6.07, 6.45) is 2.48. The minimum Gasteiger partial charge on any atom is -0.395 e. The van der Waals surface area contributed by atoms with Crippen LogP contribution in [0.5, 0.6) is 0 Å². The van der Waals surface area contributed by atoms with Crippen molar-refractivity contribution < 1.29 is 13.5 Å². The van der Waals surface area contributed by atoms with Gasteiger partial charge in [-0.2, -0.15) is 0 Å². The quantitative estimate of drug-likeness (QED) is 0.675. The minimum atomic E-state index is -3.90. The monoisotopic (exact) mass is 260 g/mol. The van der Waals surface area contributed by atoms with Gasteiger partial charge in [-0.25, -0.2) is 13.1 Å². The van der Waals surface area contributed by atoms with E-state index < -0.39 is 21.5 Å². The summed E-state index contributed by atoms with van der Waals surface area (Å²) in [5, 5.41) is 9.06. The summed E-state index contributed by atoms with van der Waals surface area (Å²) >= 11 is 0. The van der Waals surface area contributed by atoms with E-state index in [0.717, 1.165) is 12.3 Å². The molecule has 0 aromatic carbocycles. The number of aromatic amines is 1. The Labute approximate surface area is 99.7 Å². The Hall–Kier alpha value is -1.18. The lowest BCUT2D eigenvalue weighted by molar-refractivity contribution is 0.227. The van der Waals surface area contributed by atoms with Crippen LogP contribution in [0.3, 0.4) is 0 Å². The summed E-state index contributed by atoms with van der Waals surface area (Å²) in [5.41, 5.74) is -0.586. The number of aliphatic hydroxyl groups is 1. The summed E-state index contributed by atoms with van der Waals surface area (Å²) in [7, 11) is -3.90. The Bertz CT molecular complexity index is 521. The van der Waals surface area contributed by atoms with Crippen LogP contribution < -0.4 is 10.2 Å². The molecule has 1 aromatic heterocycles. The van der Waals surface area contributed by atoms with Crippen LogP contribution in [-0.2, 0) is 10.0 Å². The van der Waals surface area contributed by atoms with E-state index in [1.165, 1.54) is 6.20 Å². The van der Waals surface area contributed by atoms with E-state index in [4.69, 9.17) is 5.11 Å². The molecule has 96 valence electrons. The van der Waals surface area contributed by atoms with Gasteiger partial charge >= 0.3 is 0 Å². The molecule has 0 saturated carbocycles. The maximum atomic E-state index is 11.9. The number of rotatable bonds is 5. The highest BCUT2D eigenvalue weighted by atomic mass is 32.2. The van der Waals surface area contributed by atoms with Crippen molar-refractivity contribution in [3.8, 4) is 0 Å². The average molecular weight is 260 g/mol. The van der Waals surface area contributed by atoms with E-state index in [9.17, 15) is 13.2 Å². The molecule has 0 fully saturated rings. The fraction of sp³-hybridized carbons (Fsp3) is 0.500. The molecule has 7 heteroatoms. The number of hydrogen-bond donors (Lipinski definition) is 3. The van der Waals surface area contributed by atoms with Crippen molar-refractivity contribution in [3.05, 3.63) is 28.7 Å². The third kappa shape index (κ3) is 3.39. The summed E-state index contributed by atoms with van der Waals surface area (Å²) in [5.74, 6) is -0.0717. The molecule has 6 nitrogen and oxygen atoms in total. The molecule has 3 N–H and O–H groups in total. The molecule has 0 spiro atoms. The molecule has 1 heterocycles. The maximum Gasteiger partial charge on any atom is 0.246 e. The van der Waals surface area contributed by atoms with E-state index in [2.05, 4.69) is 9.71 Å². The molecule has 1 atom stereocenters. The van der Waals surface area contributed by atoms with E-state index in [1.54, 1.807) is 13.8 Å². The largest absolute Gasteiger partial charge is 0.395 e. The average Bonchev–Trinajstić information content (AvgIpc) is 2.26. The molecule has 0 aliphatic rings. The molecule has 0 aliphatic carbocycles. The Morgan fingerprint density at radius 3 is 2.59 bits per heavy atom. The Kier molecular flexibility index (Phi) is 4.44. The molecule has 1 aromatic rings. The van der Waals surface area contributed by atoms with Gasteiger partial charge in [0.2, 0.25) is 15.5 Å². The van der Waals surface area contributed by atoms with Gasteiger partial charge in [0, 0.05) is 24.5 Å². The summed E-state index contributed by atoms with van der Waals surface area (Å²) < 4.78 is 26.1. The molecule has 0 aliphatic heterocycles. The number of nitrogens with one attached hydrogen (secondary N) is 2. The van der Waals surface area contributed by atoms with Gasteiger partial charge in [-0.05, 0) is 5.92 Å². The van der Waals surface area contributed by atoms with Gasteiger partial charge in [0.05, 0.1) is 6.61 Å². The van der Waals surface area contributed by atoms with Gasteiger partial charge in [0.1, 0.15) is 4.90 Å². The standard InChI is InChI=1S/C10H16N2O4S/c1-7(2)8(6-13)12-17(15,16)10-5-11-4-3-9(10)14/h3-5,7-8,12-13H,6H2,1-2H3,(H,11,14). The first-order chi connectivity index (χ1) is 7.88. The van der Waals surface area contributed by atoms with Crippen molar-refractivity contribution in [1.29, 1.82) is 0 Å². The minimum absolute atomic E-state index is 0.0717.